The van der Waals surface area contributed by atoms with E-state index in [1.807, 2.05) is 24.5 Å². The molecule has 0 aliphatic heterocycles. The van der Waals surface area contributed by atoms with Gasteiger partial charge in [-0.25, -0.2) is 0 Å². The quantitative estimate of drug-likeness (QED) is 0.676. The summed E-state index contributed by atoms with van der Waals surface area (Å²) in [5.41, 5.74) is 0.748. The van der Waals surface area contributed by atoms with Crippen LogP contribution < -0.4 is 5.32 Å². The van der Waals surface area contributed by atoms with Crippen LogP contribution in [0, 0.1) is 0 Å². The fourth-order valence-electron chi connectivity index (χ4n) is 1.10. The lowest BCUT2D eigenvalue weighted by atomic mass is 10.1. The molecule has 0 fully saturated rings. The third kappa shape index (κ3) is 3.12. The average molecular weight is 274 g/mol. The van der Waals surface area contributed by atoms with E-state index >= 15 is 0 Å². The summed E-state index contributed by atoms with van der Waals surface area (Å²) in [7, 11) is 1.77. The molecule has 1 rings (SSSR count). The number of hydrogen-bond donors (Lipinski definition) is 1. The first-order chi connectivity index (χ1) is 6.67. The molecule has 1 aromatic carbocycles. The molecule has 2 nitrogen and oxygen atoms in total. The van der Waals surface area contributed by atoms with Crippen LogP contribution in [0.3, 0.4) is 0 Å². The van der Waals surface area contributed by atoms with Gasteiger partial charge in [-0.15, -0.1) is 11.8 Å². The summed E-state index contributed by atoms with van der Waals surface area (Å²) >= 11 is 5.02. The summed E-state index contributed by atoms with van der Waals surface area (Å²) in [6.45, 7) is 0.379. The highest BCUT2D eigenvalue weighted by molar-refractivity contribution is 9.10. The maximum Gasteiger partial charge on any atom is 0.176 e. The number of ketones is 1. The van der Waals surface area contributed by atoms with Crippen LogP contribution in [0.15, 0.2) is 27.6 Å². The van der Waals surface area contributed by atoms with Crippen LogP contribution in [0.25, 0.3) is 0 Å². The van der Waals surface area contributed by atoms with Crippen LogP contribution in [0.1, 0.15) is 10.4 Å². The number of benzene rings is 1. The first-order valence-electron chi connectivity index (χ1n) is 4.19. The van der Waals surface area contributed by atoms with Crippen molar-refractivity contribution in [1.82, 2.24) is 5.32 Å². The van der Waals surface area contributed by atoms with E-state index in [9.17, 15) is 4.79 Å². The molecule has 0 spiro atoms. The minimum absolute atomic E-state index is 0.115. The Morgan fingerprint density at radius 2 is 2.21 bits per heavy atom. The Balaban J connectivity index is 2.96. The van der Waals surface area contributed by atoms with Crippen molar-refractivity contribution in [2.45, 2.75) is 4.90 Å². The van der Waals surface area contributed by atoms with E-state index in [0.29, 0.717) is 6.54 Å². The van der Waals surface area contributed by atoms with Gasteiger partial charge in [0.25, 0.3) is 0 Å². The van der Waals surface area contributed by atoms with E-state index in [0.717, 1.165) is 14.9 Å². The van der Waals surface area contributed by atoms with Crippen molar-refractivity contribution >= 4 is 33.5 Å². The van der Waals surface area contributed by atoms with Gasteiger partial charge in [-0.05, 0) is 31.5 Å². The van der Waals surface area contributed by atoms with E-state index in [1.54, 1.807) is 18.8 Å². The number of hydrogen-bond acceptors (Lipinski definition) is 3. The second kappa shape index (κ2) is 5.53. The summed E-state index contributed by atoms with van der Waals surface area (Å²) < 4.78 is 0.948. The fourth-order valence-corrected chi connectivity index (χ4v) is 2.24. The largest absolute Gasteiger partial charge is 0.313 e. The summed E-state index contributed by atoms with van der Waals surface area (Å²) in [6, 6.07) is 5.76. The second-order valence-electron chi connectivity index (χ2n) is 2.83. The van der Waals surface area contributed by atoms with Crippen molar-refractivity contribution in [3.63, 3.8) is 0 Å². The van der Waals surface area contributed by atoms with Crippen molar-refractivity contribution in [1.29, 1.82) is 0 Å². The predicted octanol–water partition coefficient (Wildman–Crippen LogP) is 2.57. The third-order valence-electron chi connectivity index (χ3n) is 1.77. The molecule has 14 heavy (non-hydrogen) atoms. The Bertz CT molecular complexity index is 341. The molecule has 0 unspecified atom stereocenters. The van der Waals surface area contributed by atoms with Crippen molar-refractivity contribution in [3.05, 3.63) is 28.2 Å². The lowest BCUT2D eigenvalue weighted by Gasteiger charge is -2.03. The van der Waals surface area contributed by atoms with Crippen LogP contribution in [0.5, 0.6) is 0 Å². The number of nitrogens with one attached hydrogen (secondary N) is 1. The Labute approximate surface area is 96.6 Å². The van der Waals surface area contributed by atoms with E-state index in [2.05, 4.69) is 21.2 Å². The monoisotopic (exact) mass is 273 g/mol. The van der Waals surface area contributed by atoms with Gasteiger partial charge in [-0.1, -0.05) is 15.9 Å². The SMILES string of the molecule is CNCC(=O)c1cc(Br)cc(SC)c1. The fraction of sp³-hybridized carbons (Fsp3) is 0.300. The molecule has 0 heterocycles. The normalized spacial score (nSPS) is 10.2. The molecule has 4 heteroatoms. The molecule has 1 N–H and O–H groups in total. The van der Waals surface area contributed by atoms with Crippen LogP contribution in [0.4, 0.5) is 0 Å². The molecular formula is C10H12BrNOS. The van der Waals surface area contributed by atoms with Crippen molar-refractivity contribution in [3.8, 4) is 0 Å². The highest BCUT2D eigenvalue weighted by Gasteiger charge is 2.06. The highest BCUT2D eigenvalue weighted by atomic mass is 79.9. The van der Waals surface area contributed by atoms with Gasteiger partial charge in [0.1, 0.15) is 0 Å². The topological polar surface area (TPSA) is 29.1 Å². The first kappa shape index (κ1) is 11.8. The van der Waals surface area contributed by atoms with Gasteiger partial charge < -0.3 is 5.32 Å². The highest BCUT2D eigenvalue weighted by Crippen LogP contribution is 2.22. The maximum absolute atomic E-state index is 11.6. The van der Waals surface area contributed by atoms with Crippen molar-refractivity contribution in [2.75, 3.05) is 19.8 Å². The molecule has 0 aliphatic carbocycles. The number of thioether (sulfide) groups is 1. The molecule has 0 amide bonds. The maximum atomic E-state index is 11.6. The van der Waals surface area contributed by atoms with Crippen LogP contribution >= 0.6 is 27.7 Å². The summed E-state index contributed by atoms with van der Waals surface area (Å²) in [4.78, 5) is 12.7. The average Bonchev–Trinajstić information content (AvgIpc) is 2.17. The van der Waals surface area contributed by atoms with E-state index in [1.165, 1.54) is 0 Å². The van der Waals surface area contributed by atoms with Crippen LogP contribution in [0.2, 0.25) is 0 Å². The van der Waals surface area contributed by atoms with E-state index < -0.39 is 0 Å². The van der Waals surface area contributed by atoms with Crippen molar-refractivity contribution < 1.29 is 4.79 Å². The Morgan fingerprint density at radius 1 is 1.50 bits per heavy atom. The molecule has 0 aromatic heterocycles. The molecule has 0 bridgehead atoms. The third-order valence-corrected chi connectivity index (χ3v) is 2.93. The van der Waals surface area contributed by atoms with Gasteiger partial charge in [-0.2, -0.15) is 0 Å². The lowest BCUT2D eigenvalue weighted by Crippen LogP contribution is -2.18. The molecular weight excluding hydrogens is 262 g/mol. The van der Waals surface area contributed by atoms with Gasteiger partial charge in [-0.3, -0.25) is 4.79 Å². The van der Waals surface area contributed by atoms with E-state index in [4.69, 9.17) is 0 Å². The van der Waals surface area contributed by atoms with Crippen LogP contribution in [-0.4, -0.2) is 25.6 Å². The van der Waals surface area contributed by atoms with Gasteiger partial charge in [0, 0.05) is 14.9 Å². The number of carbonyl (C=O) groups is 1. The number of Topliss-reactive ketones (excluding diaryl/α,β-unsaturated/α-hetero) is 1. The Hall–Kier alpha value is -0.320. The van der Waals surface area contributed by atoms with Gasteiger partial charge in [0.15, 0.2) is 5.78 Å². The van der Waals surface area contributed by atoms with Gasteiger partial charge >= 0.3 is 0 Å². The molecule has 76 valence electrons. The minimum atomic E-state index is 0.115. The first-order valence-corrected chi connectivity index (χ1v) is 6.21. The zero-order chi connectivity index (χ0) is 10.6. The number of likely N-dealkylation sites (N-methyl/N-ethyl adjacent to an activating group) is 1. The molecule has 0 radical (unpaired) electrons. The Morgan fingerprint density at radius 3 is 2.79 bits per heavy atom. The smallest absolute Gasteiger partial charge is 0.176 e. The number of rotatable bonds is 4. The molecule has 1 aromatic rings. The second-order valence-corrected chi connectivity index (χ2v) is 4.63. The lowest BCUT2D eigenvalue weighted by molar-refractivity contribution is 0.0993. The van der Waals surface area contributed by atoms with E-state index in [-0.39, 0.29) is 5.78 Å². The van der Waals surface area contributed by atoms with Gasteiger partial charge in [0.2, 0.25) is 0 Å². The molecule has 0 aliphatic rings. The molecule has 0 saturated carbocycles. The zero-order valence-corrected chi connectivity index (χ0v) is 10.5. The predicted molar refractivity (Wildman–Crippen MR) is 64.2 cm³/mol. The number of carbonyl (C=O) groups excluding carboxylic acids is 1. The molecule has 0 atom stereocenters. The number of halogens is 1. The van der Waals surface area contributed by atoms with Gasteiger partial charge in [0.05, 0.1) is 6.54 Å². The zero-order valence-electron chi connectivity index (χ0n) is 8.13. The summed E-state index contributed by atoms with van der Waals surface area (Å²) in [5.74, 6) is 0.115. The summed E-state index contributed by atoms with van der Waals surface area (Å²) in [5, 5.41) is 2.85. The minimum Gasteiger partial charge on any atom is -0.313 e. The Kier molecular flexibility index (Phi) is 4.65. The van der Waals surface area contributed by atoms with Crippen LogP contribution in [-0.2, 0) is 0 Å². The molecule has 0 saturated heterocycles. The summed E-state index contributed by atoms with van der Waals surface area (Å²) in [6.07, 6.45) is 1.99. The standard InChI is InChI=1S/C10H12BrNOS/c1-12-6-10(13)7-3-8(11)5-9(4-7)14-2/h3-5,12H,6H2,1-2H3. The van der Waals surface area contributed by atoms with Crippen molar-refractivity contribution in [2.24, 2.45) is 0 Å².